The van der Waals surface area contributed by atoms with Crippen LogP contribution in [0.2, 0.25) is 0 Å². The lowest BCUT2D eigenvalue weighted by Crippen LogP contribution is -2.53. The van der Waals surface area contributed by atoms with Gasteiger partial charge in [0.2, 0.25) is 5.91 Å². The third-order valence-electron chi connectivity index (χ3n) is 3.13. The second-order valence-corrected chi connectivity index (χ2v) is 6.26. The molecule has 0 radical (unpaired) electrons. The summed E-state index contributed by atoms with van der Waals surface area (Å²) in [5.74, 6) is -0.0790. The summed E-state index contributed by atoms with van der Waals surface area (Å²) in [4.78, 5) is 13.2. The van der Waals surface area contributed by atoms with Gasteiger partial charge in [-0.2, -0.15) is 0 Å². The van der Waals surface area contributed by atoms with Crippen molar-refractivity contribution in [2.75, 3.05) is 6.54 Å². The van der Waals surface area contributed by atoms with Gasteiger partial charge in [0.25, 0.3) is 0 Å². The quantitative estimate of drug-likeness (QED) is 0.847. The predicted molar refractivity (Wildman–Crippen MR) is 73.2 cm³/mol. The monoisotopic (exact) mass is 254 g/mol. The number of rotatable bonds is 5. The van der Waals surface area contributed by atoms with Gasteiger partial charge in [0, 0.05) is 16.8 Å². The van der Waals surface area contributed by atoms with E-state index in [1.165, 1.54) is 4.88 Å². The summed E-state index contributed by atoms with van der Waals surface area (Å²) in [5, 5.41) is 5.00. The smallest absolute Gasteiger partial charge is 0.239 e. The zero-order chi connectivity index (χ0) is 13.1. The van der Waals surface area contributed by atoms with Gasteiger partial charge in [-0.3, -0.25) is 4.79 Å². The molecule has 3 nitrogen and oxygen atoms in total. The number of nitrogens with two attached hydrogens (primary N) is 1. The Morgan fingerprint density at radius 2 is 2.12 bits per heavy atom. The van der Waals surface area contributed by atoms with E-state index in [4.69, 9.17) is 5.73 Å². The van der Waals surface area contributed by atoms with E-state index in [1.54, 1.807) is 18.3 Å². The van der Waals surface area contributed by atoms with Crippen molar-refractivity contribution < 1.29 is 4.79 Å². The van der Waals surface area contributed by atoms with Crippen LogP contribution in [-0.2, 0) is 10.2 Å². The van der Waals surface area contributed by atoms with Crippen molar-refractivity contribution >= 4 is 17.2 Å². The van der Waals surface area contributed by atoms with Crippen LogP contribution in [0.25, 0.3) is 0 Å². The van der Waals surface area contributed by atoms with Crippen molar-refractivity contribution in [1.82, 2.24) is 5.32 Å². The molecule has 3 N–H and O–H groups in total. The molecule has 0 aromatic carbocycles. The minimum atomic E-state index is -0.772. The zero-order valence-electron chi connectivity index (χ0n) is 11.0. The molecule has 0 saturated heterocycles. The fourth-order valence-electron chi connectivity index (χ4n) is 1.41. The third-order valence-corrected chi connectivity index (χ3v) is 4.37. The third kappa shape index (κ3) is 3.54. The van der Waals surface area contributed by atoms with Crippen LogP contribution in [0.15, 0.2) is 17.5 Å². The van der Waals surface area contributed by atoms with Gasteiger partial charge in [0.15, 0.2) is 0 Å². The lowest BCUT2D eigenvalue weighted by Gasteiger charge is -2.27. The first-order valence-electron chi connectivity index (χ1n) is 5.91. The standard InChI is InChI=1S/C13H22N2OS/c1-5-13(4,14)11(16)15-9-12(2,3)10-7-6-8-17-10/h6-8H,5,9,14H2,1-4H3,(H,15,16). The molecule has 1 unspecified atom stereocenters. The predicted octanol–water partition coefficient (Wildman–Crippen LogP) is 2.27. The molecule has 96 valence electrons. The highest BCUT2D eigenvalue weighted by Gasteiger charge is 2.29. The van der Waals surface area contributed by atoms with Crippen LogP contribution in [0.1, 0.15) is 39.0 Å². The molecule has 1 rings (SSSR count). The summed E-state index contributed by atoms with van der Waals surface area (Å²) in [6.07, 6.45) is 0.637. The lowest BCUT2D eigenvalue weighted by molar-refractivity contribution is -0.126. The Morgan fingerprint density at radius 3 is 2.59 bits per heavy atom. The summed E-state index contributed by atoms with van der Waals surface area (Å²) in [6, 6.07) is 4.13. The zero-order valence-corrected chi connectivity index (χ0v) is 11.9. The summed E-state index contributed by atoms with van der Waals surface area (Å²) < 4.78 is 0. The van der Waals surface area contributed by atoms with Gasteiger partial charge >= 0.3 is 0 Å². The summed E-state index contributed by atoms with van der Waals surface area (Å²) in [5.41, 5.74) is 5.08. The van der Waals surface area contributed by atoms with Crippen LogP contribution in [-0.4, -0.2) is 18.0 Å². The number of hydrogen-bond acceptors (Lipinski definition) is 3. The maximum Gasteiger partial charge on any atom is 0.239 e. The van der Waals surface area contributed by atoms with Crippen LogP contribution in [0.4, 0.5) is 0 Å². The van der Waals surface area contributed by atoms with Crippen molar-refractivity contribution in [3.63, 3.8) is 0 Å². The first-order valence-corrected chi connectivity index (χ1v) is 6.79. The largest absolute Gasteiger partial charge is 0.354 e. The molecule has 1 heterocycles. The molecule has 0 bridgehead atoms. The molecular weight excluding hydrogens is 232 g/mol. The Hall–Kier alpha value is -0.870. The van der Waals surface area contributed by atoms with Crippen molar-refractivity contribution in [2.24, 2.45) is 5.73 Å². The summed E-state index contributed by atoms with van der Waals surface area (Å²) in [7, 11) is 0. The molecule has 0 saturated carbocycles. The Kier molecular flexibility index (Phi) is 4.33. The number of thiophene rings is 1. The molecule has 0 spiro atoms. The van der Waals surface area contributed by atoms with E-state index in [9.17, 15) is 4.79 Å². The number of carbonyl (C=O) groups excluding carboxylic acids is 1. The van der Waals surface area contributed by atoms with E-state index >= 15 is 0 Å². The van der Waals surface area contributed by atoms with Gasteiger partial charge in [0.05, 0.1) is 5.54 Å². The molecule has 0 aliphatic heterocycles. The van der Waals surface area contributed by atoms with E-state index in [0.717, 1.165) is 0 Å². The molecule has 0 fully saturated rings. The van der Waals surface area contributed by atoms with E-state index in [0.29, 0.717) is 13.0 Å². The average Bonchev–Trinajstić information content (AvgIpc) is 2.80. The SMILES string of the molecule is CCC(C)(N)C(=O)NCC(C)(C)c1cccs1. The Labute approximate surface area is 107 Å². The van der Waals surface area contributed by atoms with Crippen molar-refractivity contribution in [1.29, 1.82) is 0 Å². The van der Waals surface area contributed by atoms with Crippen LogP contribution < -0.4 is 11.1 Å². The normalized spacial score (nSPS) is 15.4. The van der Waals surface area contributed by atoms with E-state index in [-0.39, 0.29) is 11.3 Å². The first kappa shape index (κ1) is 14.2. The Bertz CT molecular complexity index is 369. The maximum atomic E-state index is 11.9. The molecule has 4 heteroatoms. The second kappa shape index (κ2) is 5.19. The second-order valence-electron chi connectivity index (χ2n) is 5.31. The lowest BCUT2D eigenvalue weighted by atomic mass is 9.90. The number of nitrogens with one attached hydrogen (secondary N) is 1. The first-order chi connectivity index (χ1) is 7.79. The van der Waals surface area contributed by atoms with Gasteiger partial charge in [-0.1, -0.05) is 26.8 Å². The van der Waals surface area contributed by atoms with Gasteiger partial charge in [-0.05, 0) is 24.8 Å². The highest BCUT2D eigenvalue weighted by Crippen LogP contribution is 2.26. The number of hydrogen-bond donors (Lipinski definition) is 2. The van der Waals surface area contributed by atoms with Crippen LogP contribution in [0.3, 0.4) is 0 Å². The molecule has 0 aliphatic carbocycles. The fraction of sp³-hybridized carbons (Fsp3) is 0.615. The van der Waals surface area contributed by atoms with Gasteiger partial charge in [-0.25, -0.2) is 0 Å². The van der Waals surface area contributed by atoms with Crippen molar-refractivity contribution in [2.45, 2.75) is 45.1 Å². The minimum absolute atomic E-state index is 0.0480. The average molecular weight is 254 g/mol. The maximum absolute atomic E-state index is 11.9. The molecular formula is C13H22N2OS. The Balaban J connectivity index is 2.60. The highest BCUT2D eigenvalue weighted by molar-refractivity contribution is 7.10. The van der Waals surface area contributed by atoms with E-state index in [2.05, 4.69) is 30.6 Å². The molecule has 17 heavy (non-hydrogen) atoms. The highest BCUT2D eigenvalue weighted by atomic mass is 32.1. The Morgan fingerprint density at radius 1 is 1.47 bits per heavy atom. The van der Waals surface area contributed by atoms with Crippen LogP contribution >= 0.6 is 11.3 Å². The van der Waals surface area contributed by atoms with E-state index in [1.807, 2.05) is 13.0 Å². The molecule has 1 aromatic heterocycles. The van der Waals surface area contributed by atoms with Gasteiger partial charge in [0.1, 0.15) is 0 Å². The molecule has 1 amide bonds. The number of amides is 1. The minimum Gasteiger partial charge on any atom is -0.354 e. The van der Waals surface area contributed by atoms with Gasteiger partial charge in [-0.15, -0.1) is 11.3 Å². The summed E-state index contributed by atoms with van der Waals surface area (Å²) in [6.45, 7) is 8.54. The fourth-order valence-corrected chi connectivity index (χ4v) is 2.27. The van der Waals surface area contributed by atoms with Crippen LogP contribution in [0.5, 0.6) is 0 Å². The number of carbonyl (C=O) groups is 1. The van der Waals surface area contributed by atoms with Crippen molar-refractivity contribution in [3.05, 3.63) is 22.4 Å². The van der Waals surface area contributed by atoms with E-state index < -0.39 is 5.54 Å². The van der Waals surface area contributed by atoms with Crippen molar-refractivity contribution in [3.8, 4) is 0 Å². The summed E-state index contributed by atoms with van der Waals surface area (Å²) >= 11 is 1.71. The topological polar surface area (TPSA) is 55.1 Å². The van der Waals surface area contributed by atoms with Gasteiger partial charge < -0.3 is 11.1 Å². The molecule has 1 aromatic rings. The van der Waals surface area contributed by atoms with Crippen LogP contribution in [0, 0.1) is 0 Å². The molecule has 1 atom stereocenters. The molecule has 0 aliphatic rings.